The van der Waals surface area contributed by atoms with Crippen LogP contribution in [0.15, 0.2) is 18.2 Å². The molecule has 15 heavy (non-hydrogen) atoms. The molecule has 0 aliphatic heterocycles. The van der Waals surface area contributed by atoms with Crippen molar-refractivity contribution in [2.75, 3.05) is 0 Å². The number of ketones is 1. The molecule has 0 heterocycles. The Hall–Kier alpha value is -1.15. The molecule has 0 saturated carbocycles. The van der Waals surface area contributed by atoms with Gasteiger partial charge in [-0.15, -0.1) is 0 Å². The maximum Gasteiger partial charge on any atom is 0.150 e. The minimum atomic E-state index is -0.447. The number of fused-ring (bicyclic) bond motifs is 1. The van der Waals surface area contributed by atoms with Crippen LogP contribution in [0.5, 0.6) is 0 Å². The van der Waals surface area contributed by atoms with Crippen LogP contribution in [0.4, 0.5) is 0 Å². The van der Waals surface area contributed by atoms with Crippen LogP contribution in [0.3, 0.4) is 0 Å². The number of benzene rings is 1. The van der Waals surface area contributed by atoms with E-state index in [2.05, 4.69) is 12.1 Å². The number of hydrogen-bond donors (Lipinski definition) is 1. The summed E-state index contributed by atoms with van der Waals surface area (Å²) in [6.45, 7) is 1.55. The van der Waals surface area contributed by atoms with E-state index >= 15 is 0 Å². The van der Waals surface area contributed by atoms with Crippen molar-refractivity contribution in [3.8, 4) is 0 Å². The smallest absolute Gasteiger partial charge is 0.150 e. The standard InChI is InChI=1S/C13H17NO/c1-9(15)13(14)12-7-6-10-4-2-3-5-11(10)8-12/h6-8,13H,2-5,14H2,1H3. The van der Waals surface area contributed by atoms with Gasteiger partial charge in [-0.25, -0.2) is 0 Å². The molecule has 0 amide bonds. The van der Waals surface area contributed by atoms with E-state index in [9.17, 15) is 4.79 Å². The number of aryl methyl sites for hydroxylation is 2. The molecule has 1 aliphatic carbocycles. The summed E-state index contributed by atoms with van der Waals surface area (Å²) in [5.41, 5.74) is 9.60. The first kappa shape index (κ1) is 10.4. The Bertz CT molecular complexity index is 384. The van der Waals surface area contributed by atoms with Crippen LogP contribution in [0, 0.1) is 0 Å². The third kappa shape index (κ3) is 2.10. The van der Waals surface area contributed by atoms with E-state index in [0.29, 0.717) is 0 Å². The molecule has 1 atom stereocenters. The Morgan fingerprint density at radius 3 is 2.60 bits per heavy atom. The number of hydrogen-bond acceptors (Lipinski definition) is 2. The lowest BCUT2D eigenvalue weighted by Gasteiger charge is -2.18. The summed E-state index contributed by atoms with van der Waals surface area (Å²) in [5.74, 6) is 0.0331. The lowest BCUT2D eigenvalue weighted by molar-refractivity contribution is -0.118. The van der Waals surface area contributed by atoms with E-state index in [1.165, 1.54) is 30.4 Å². The number of Topliss-reactive ketones (excluding diaryl/α,β-unsaturated/α-hetero) is 1. The molecule has 0 radical (unpaired) electrons. The highest BCUT2D eigenvalue weighted by molar-refractivity contribution is 5.82. The van der Waals surface area contributed by atoms with Gasteiger partial charge in [0.05, 0.1) is 6.04 Å². The molecule has 2 nitrogen and oxygen atoms in total. The molecule has 1 aromatic rings. The van der Waals surface area contributed by atoms with E-state index in [0.717, 1.165) is 12.0 Å². The summed E-state index contributed by atoms with van der Waals surface area (Å²) >= 11 is 0. The minimum Gasteiger partial charge on any atom is -0.318 e. The van der Waals surface area contributed by atoms with Crippen LogP contribution in [0.1, 0.15) is 42.5 Å². The predicted octanol–water partition coefficient (Wildman–Crippen LogP) is 2.15. The molecule has 1 aromatic carbocycles. The first-order valence-corrected chi connectivity index (χ1v) is 5.56. The monoisotopic (exact) mass is 203 g/mol. The molecule has 0 spiro atoms. The van der Waals surface area contributed by atoms with Crippen LogP contribution in [0.2, 0.25) is 0 Å². The summed E-state index contributed by atoms with van der Waals surface area (Å²) in [7, 11) is 0. The molecule has 2 rings (SSSR count). The predicted molar refractivity (Wildman–Crippen MR) is 60.7 cm³/mol. The third-order valence-corrected chi connectivity index (χ3v) is 3.17. The number of nitrogens with two attached hydrogens (primary N) is 1. The number of rotatable bonds is 2. The topological polar surface area (TPSA) is 43.1 Å². The fraction of sp³-hybridized carbons (Fsp3) is 0.462. The van der Waals surface area contributed by atoms with Crippen molar-refractivity contribution in [2.45, 2.75) is 38.6 Å². The van der Waals surface area contributed by atoms with Gasteiger partial charge in [-0.2, -0.15) is 0 Å². The fourth-order valence-corrected chi connectivity index (χ4v) is 2.18. The molecule has 0 fully saturated rings. The van der Waals surface area contributed by atoms with Crippen molar-refractivity contribution in [3.05, 3.63) is 34.9 Å². The second-order valence-corrected chi connectivity index (χ2v) is 4.32. The van der Waals surface area contributed by atoms with Crippen molar-refractivity contribution < 1.29 is 4.79 Å². The maximum absolute atomic E-state index is 11.2. The average Bonchev–Trinajstić information content (AvgIpc) is 2.27. The summed E-state index contributed by atoms with van der Waals surface area (Å²) in [6, 6.07) is 5.79. The largest absolute Gasteiger partial charge is 0.318 e. The molecule has 2 heteroatoms. The third-order valence-electron chi connectivity index (χ3n) is 3.17. The van der Waals surface area contributed by atoms with Gasteiger partial charge in [0.1, 0.15) is 0 Å². The normalized spacial score (nSPS) is 16.9. The van der Waals surface area contributed by atoms with E-state index in [1.807, 2.05) is 6.07 Å². The van der Waals surface area contributed by atoms with Crippen molar-refractivity contribution in [2.24, 2.45) is 5.73 Å². The van der Waals surface area contributed by atoms with Gasteiger partial charge >= 0.3 is 0 Å². The highest BCUT2D eigenvalue weighted by atomic mass is 16.1. The molecular formula is C13H17NO. The number of carbonyl (C=O) groups is 1. The Morgan fingerprint density at radius 2 is 1.93 bits per heavy atom. The maximum atomic E-state index is 11.2. The molecule has 1 aliphatic rings. The highest BCUT2D eigenvalue weighted by Crippen LogP contribution is 2.24. The Labute approximate surface area is 90.5 Å². The van der Waals surface area contributed by atoms with Gasteiger partial charge in [0.25, 0.3) is 0 Å². The molecular weight excluding hydrogens is 186 g/mol. The van der Waals surface area contributed by atoms with Gasteiger partial charge in [-0.3, -0.25) is 4.79 Å². The van der Waals surface area contributed by atoms with Crippen LogP contribution >= 0.6 is 0 Å². The summed E-state index contributed by atoms with van der Waals surface area (Å²) in [5, 5.41) is 0. The second-order valence-electron chi connectivity index (χ2n) is 4.32. The molecule has 0 bridgehead atoms. The van der Waals surface area contributed by atoms with Gasteiger partial charge in [-0.05, 0) is 49.3 Å². The van der Waals surface area contributed by atoms with E-state index in [1.54, 1.807) is 6.92 Å². The van der Waals surface area contributed by atoms with Gasteiger partial charge < -0.3 is 5.73 Å². The quantitative estimate of drug-likeness (QED) is 0.800. The lowest BCUT2D eigenvalue weighted by atomic mass is 9.89. The van der Waals surface area contributed by atoms with E-state index in [-0.39, 0.29) is 5.78 Å². The zero-order valence-electron chi connectivity index (χ0n) is 9.12. The average molecular weight is 203 g/mol. The van der Waals surface area contributed by atoms with Crippen LogP contribution in [-0.4, -0.2) is 5.78 Å². The molecule has 2 N–H and O–H groups in total. The molecule has 1 unspecified atom stereocenters. The SMILES string of the molecule is CC(=O)C(N)c1ccc2c(c1)CCCC2. The first-order valence-electron chi connectivity index (χ1n) is 5.56. The second kappa shape index (κ2) is 4.15. The Balaban J connectivity index is 2.31. The lowest BCUT2D eigenvalue weighted by Crippen LogP contribution is -2.19. The van der Waals surface area contributed by atoms with Crippen molar-refractivity contribution in [1.82, 2.24) is 0 Å². The summed E-state index contributed by atoms with van der Waals surface area (Å²) in [4.78, 5) is 11.2. The number of carbonyl (C=O) groups excluding carboxylic acids is 1. The Morgan fingerprint density at radius 1 is 1.27 bits per heavy atom. The zero-order chi connectivity index (χ0) is 10.8. The summed E-state index contributed by atoms with van der Waals surface area (Å²) in [6.07, 6.45) is 4.84. The van der Waals surface area contributed by atoms with E-state index < -0.39 is 6.04 Å². The van der Waals surface area contributed by atoms with Crippen molar-refractivity contribution >= 4 is 5.78 Å². The molecule has 80 valence electrons. The highest BCUT2D eigenvalue weighted by Gasteiger charge is 2.14. The summed E-state index contributed by atoms with van der Waals surface area (Å²) < 4.78 is 0. The van der Waals surface area contributed by atoms with E-state index in [4.69, 9.17) is 5.73 Å². The van der Waals surface area contributed by atoms with Crippen LogP contribution in [-0.2, 0) is 17.6 Å². The van der Waals surface area contributed by atoms with Crippen molar-refractivity contribution in [3.63, 3.8) is 0 Å². The van der Waals surface area contributed by atoms with Gasteiger partial charge in [-0.1, -0.05) is 18.2 Å². The van der Waals surface area contributed by atoms with Gasteiger partial charge in [0.15, 0.2) is 5.78 Å². The minimum absolute atomic E-state index is 0.0331. The fourth-order valence-electron chi connectivity index (χ4n) is 2.18. The molecule has 0 saturated heterocycles. The van der Waals surface area contributed by atoms with Crippen LogP contribution < -0.4 is 5.73 Å². The van der Waals surface area contributed by atoms with Gasteiger partial charge in [0.2, 0.25) is 0 Å². The first-order chi connectivity index (χ1) is 7.18. The molecule has 0 aromatic heterocycles. The Kier molecular flexibility index (Phi) is 2.87. The zero-order valence-corrected chi connectivity index (χ0v) is 9.12. The van der Waals surface area contributed by atoms with Crippen LogP contribution in [0.25, 0.3) is 0 Å². The van der Waals surface area contributed by atoms with Crippen molar-refractivity contribution in [1.29, 1.82) is 0 Å². The van der Waals surface area contributed by atoms with Gasteiger partial charge in [0, 0.05) is 0 Å².